The zero-order valence-corrected chi connectivity index (χ0v) is 25.2. The molecular weight excluding hydrogens is 532 g/mol. The van der Waals surface area contributed by atoms with Crippen LogP contribution in [0.25, 0.3) is 0 Å². The fourth-order valence-electron chi connectivity index (χ4n) is 3.03. The first-order valence-corrected chi connectivity index (χ1v) is 17.1. The Bertz CT molecular complexity index is 1150. The van der Waals surface area contributed by atoms with Crippen molar-refractivity contribution < 1.29 is 13.4 Å². The summed E-state index contributed by atoms with van der Waals surface area (Å²) in [5.74, 6) is -0.463. The van der Waals surface area contributed by atoms with Gasteiger partial charge in [-0.3, -0.25) is 0 Å². The van der Waals surface area contributed by atoms with E-state index in [9.17, 15) is 13.4 Å². The monoisotopic (exact) mass is 565 g/mol. The van der Waals surface area contributed by atoms with Crippen LogP contribution in [0.3, 0.4) is 0 Å². The number of anilines is 1. The molecule has 2 amide bonds. The van der Waals surface area contributed by atoms with Gasteiger partial charge >= 0.3 is 6.03 Å². The Morgan fingerprint density at radius 2 is 1.59 bits per heavy atom. The minimum atomic E-state index is -3.40. The van der Waals surface area contributed by atoms with Gasteiger partial charge in [-0.25, -0.2) is 17.8 Å². The van der Waals surface area contributed by atoms with Gasteiger partial charge in [0.15, 0.2) is 0 Å². The van der Waals surface area contributed by atoms with E-state index in [2.05, 4.69) is 34.8 Å². The molecule has 1 atom stereocenters. The Morgan fingerprint density at radius 1 is 1.09 bits per heavy atom. The van der Waals surface area contributed by atoms with Crippen LogP contribution >= 0.6 is 34.5 Å². The molecule has 1 heterocycles. The van der Waals surface area contributed by atoms with Crippen LogP contribution in [0, 0.1) is 5.82 Å². The molecule has 0 bridgehead atoms. The summed E-state index contributed by atoms with van der Waals surface area (Å²) in [7, 11) is -5.79. The Hall–Kier alpha value is -0.973. The molecular formula is C23H34Cl2FN3O2S2Si. The van der Waals surface area contributed by atoms with E-state index >= 15 is 0 Å². The molecule has 0 saturated carbocycles. The maximum Gasteiger partial charge on any atom is 0.354 e. The lowest BCUT2D eigenvalue weighted by atomic mass is 9.92. The summed E-state index contributed by atoms with van der Waals surface area (Å²) >= 11 is 13.3. The summed E-state index contributed by atoms with van der Waals surface area (Å²) < 4.78 is 36.5. The average Bonchev–Trinajstić information content (AvgIpc) is 3.00. The topological polar surface area (TPSA) is 70.6 Å². The summed E-state index contributed by atoms with van der Waals surface area (Å²) in [5.41, 5.74) is 1.80. The van der Waals surface area contributed by atoms with Gasteiger partial charge in [-0.1, -0.05) is 84.8 Å². The molecule has 1 aromatic carbocycles. The van der Waals surface area contributed by atoms with Crippen LogP contribution < -0.4 is 9.70 Å². The highest BCUT2D eigenvalue weighted by Crippen LogP contribution is 2.39. The molecule has 11 heteroatoms. The number of urea groups is 1. The Kier molecular flexibility index (Phi) is 9.09. The normalized spacial score (nSPS) is 14.4. The van der Waals surface area contributed by atoms with Crippen molar-refractivity contribution in [3.63, 3.8) is 0 Å². The Labute approximate surface area is 218 Å². The highest BCUT2D eigenvalue weighted by atomic mass is 35.5. The van der Waals surface area contributed by atoms with Crippen molar-refractivity contribution in [1.82, 2.24) is 4.39 Å². The molecule has 0 aliphatic rings. The van der Waals surface area contributed by atoms with Crippen molar-refractivity contribution in [3.8, 4) is 0 Å². The second-order valence-corrected chi connectivity index (χ2v) is 20.0. The lowest BCUT2D eigenvalue weighted by molar-refractivity contribution is 0.260. The van der Waals surface area contributed by atoms with Crippen molar-refractivity contribution >= 4 is 64.4 Å². The lowest BCUT2D eigenvalue weighted by Crippen LogP contribution is -2.54. The maximum absolute atomic E-state index is 14.3. The van der Waals surface area contributed by atoms with Gasteiger partial charge in [0.2, 0.25) is 0 Å². The first-order valence-electron chi connectivity index (χ1n) is 11.0. The highest BCUT2D eigenvalue weighted by molar-refractivity contribution is 7.95. The molecule has 5 nitrogen and oxygen atoms in total. The lowest BCUT2D eigenvalue weighted by Gasteiger charge is -2.37. The van der Waals surface area contributed by atoms with E-state index in [4.69, 9.17) is 23.2 Å². The number of nitrogens with zero attached hydrogens (tertiary/aromatic N) is 1. The minimum Gasteiger partial charge on any atom is -0.305 e. The number of carbonyl (C=O) groups excluding carboxylic acids is 1. The van der Waals surface area contributed by atoms with Crippen molar-refractivity contribution in [2.75, 3.05) is 5.32 Å². The molecule has 2 N–H and O–H groups in total. The van der Waals surface area contributed by atoms with Crippen LogP contribution in [0.15, 0.2) is 26.8 Å². The van der Waals surface area contributed by atoms with E-state index in [0.717, 1.165) is 11.3 Å². The molecule has 1 unspecified atom stereocenters. The van der Waals surface area contributed by atoms with Crippen LogP contribution in [0.4, 0.5) is 14.9 Å². The second kappa shape index (κ2) is 10.6. The molecule has 0 spiro atoms. The Balaban J connectivity index is 2.66. The summed E-state index contributed by atoms with van der Waals surface area (Å²) in [6.07, 6.45) is 0. The molecule has 190 valence electrons. The van der Waals surface area contributed by atoms with Gasteiger partial charge in [-0.2, -0.15) is 0 Å². The van der Waals surface area contributed by atoms with E-state index in [-0.39, 0.29) is 36.3 Å². The van der Waals surface area contributed by atoms with Crippen LogP contribution in [0.2, 0.25) is 27.5 Å². The van der Waals surface area contributed by atoms with Crippen LogP contribution in [0.1, 0.15) is 71.4 Å². The quantitative estimate of drug-likeness (QED) is 0.343. The van der Waals surface area contributed by atoms with Gasteiger partial charge < -0.3 is 5.32 Å². The van der Waals surface area contributed by atoms with E-state index < -0.39 is 24.2 Å². The molecule has 2 aromatic rings. The van der Waals surface area contributed by atoms with Crippen molar-refractivity contribution in [2.24, 2.45) is 4.36 Å². The van der Waals surface area contributed by atoms with E-state index in [1.54, 1.807) is 0 Å². The second-order valence-electron chi connectivity index (χ2n) is 10.5. The number of benzene rings is 1. The minimum absolute atomic E-state index is 0.0480. The molecule has 0 fully saturated rings. The largest absolute Gasteiger partial charge is 0.354 e. The predicted molar refractivity (Wildman–Crippen MR) is 147 cm³/mol. The maximum atomic E-state index is 14.3. The first-order chi connectivity index (χ1) is 15.4. The van der Waals surface area contributed by atoms with Crippen LogP contribution in [-0.4, -0.2) is 18.5 Å². The average molecular weight is 567 g/mol. The van der Waals surface area contributed by atoms with Gasteiger partial charge in [0.25, 0.3) is 0 Å². The summed E-state index contributed by atoms with van der Waals surface area (Å²) in [5, 5.41) is 2.88. The fraction of sp³-hybridized carbons (Fsp3) is 0.522. The van der Waals surface area contributed by atoms with Gasteiger partial charge in [-0.05, 0) is 46.2 Å². The number of hydrogen-bond acceptors (Lipinski definition) is 3. The van der Waals surface area contributed by atoms with Gasteiger partial charge in [0.05, 0.1) is 5.02 Å². The van der Waals surface area contributed by atoms with E-state index in [1.807, 2.05) is 40.8 Å². The summed E-state index contributed by atoms with van der Waals surface area (Å²) in [6, 6.07) is 3.53. The predicted octanol–water partition coefficient (Wildman–Crippen LogP) is 9.01. The number of hydrogen-bond donors (Lipinski definition) is 2. The van der Waals surface area contributed by atoms with Gasteiger partial charge in [-0.15, -0.1) is 15.7 Å². The SMILES string of the molecule is CC(C)c1cc(F)cc(C(C)C)c1NC(=O)N=S(=O)(N[Si](C)(C)C(C)(C)C)c1cc(Cl)c(Cl)s1. The Morgan fingerprint density at radius 3 is 1.97 bits per heavy atom. The van der Waals surface area contributed by atoms with Gasteiger partial charge in [0, 0.05) is 5.69 Å². The molecule has 0 aliphatic heterocycles. The standard InChI is InChI=1S/C23H34Cl2FN3O2S2Si/c1-13(2)16-10-15(26)11-17(14(3)4)20(16)27-22(30)28-33(31,19-12-18(24)21(25)32-19)29-34(8,9)23(5,6)7/h10-14H,1-9H3,(H2,27,28,29,30,31). The highest BCUT2D eigenvalue weighted by Gasteiger charge is 2.39. The fourth-order valence-corrected chi connectivity index (χ4v) is 10.7. The van der Waals surface area contributed by atoms with Crippen molar-refractivity contribution in [1.29, 1.82) is 0 Å². The van der Waals surface area contributed by atoms with E-state index in [1.165, 1.54) is 18.2 Å². The zero-order valence-electron chi connectivity index (χ0n) is 21.1. The third-order valence-electron chi connectivity index (χ3n) is 6.02. The smallest absolute Gasteiger partial charge is 0.305 e. The molecule has 2 rings (SSSR count). The molecule has 0 aliphatic carbocycles. The first kappa shape index (κ1) is 29.3. The number of carbonyl (C=O) groups is 1. The summed E-state index contributed by atoms with van der Waals surface area (Å²) in [4.78, 5) is 13.2. The molecule has 1 aromatic heterocycles. The third-order valence-corrected chi connectivity index (χ3v) is 16.6. The van der Waals surface area contributed by atoms with E-state index in [0.29, 0.717) is 16.8 Å². The van der Waals surface area contributed by atoms with Crippen molar-refractivity contribution in [3.05, 3.63) is 44.5 Å². The van der Waals surface area contributed by atoms with Gasteiger partial charge in [0.1, 0.15) is 32.5 Å². The zero-order chi connectivity index (χ0) is 26.2. The third kappa shape index (κ3) is 6.62. The molecule has 0 radical (unpaired) electrons. The number of amides is 2. The van der Waals surface area contributed by atoms with Crippen molar-refractivity contribution in [2.45, 2.75) is 82.6 Å². The summed E-state index contributed by atoms with van der Waals surface area (Å²) in [6.45, 7) is 17.9. The number of nitrogens with one attached hydrogen (secondary N) is 2. The molecule has 0 saturated heterocycles. The number of thiophene rings is 1. The molecule has 34 heavy (non-hydrogen) atoms. The van der Waals surface area contributed by atoms with Crippen LogP contribution in [0.5, 0.6) is 0 Å². The number of rotatable bonds is 6. The number of halogens is 3. The van der Waals surface area contributed by atoms with Crippen LogP contribution in [-0.2, 0) is 9.92 Å².